The zero-order valence-electron chi connectivity index (χ0n) is 13.5. The molecule has 0 aliphatic carbocycles. The van der Waals surface area contributed by atoms with Crippen LogP contribution in [0.1, 0.15) is 15.2 Å². The highest BCUT2D eigenvalue weighted by molar-refractivity contribution is 7.21. The van der Waals surface area contributed by atoms with Crippen LogP contribution >= 0.6 is 11.3 Å². The molecule has 1 amide bonds. The first-order chi connectivity index (χ1) is 11.5. The van der Waals surface area contributed by atoms with E-state index in [1.54, 1.807) is 33.2 Å². The van der Waals surface area contributed by atoms with E-state index in [1.165, 1.54) is 17.4 Å². The smallest absolute Gasteiger partial charge is 0.263 e. The number of hydrogen-bond donors (Lipinski definition) is 3. The fourth-order valence-electron chi connectivity index (χ4n) is 2.57. The predicted molar refractivity (Wildman–Crippen MR) is 97.1 cm³/mol. The van der Waals surface area contributed by atoms with E-state index >= 15 is 0 Å². The number of rotatable bonds is 3. The number of fused-ring (bicyclic) bond motifs is 1. The van der Waals surface area contributed by atoms with Gasteiger partial charge in [0.1, 0.15) is 21.3 Å². The molecule has 0 radical (unpaired) electrons. The number of nitrogen functional groups attached to an aromatic ring is 1. The third-order valence-corrected chi connectivity index (χ3v) is 4.96. The summed E-state index contributed by atoms with van der Waals surface area (Å²) in [7, 11) is 3.33. The summed E-state index contributed by atoms with van der Waals surface area (Å²) in [5.41, 5.74) is 8.80. The van der Waals surface area contributed by atoms with Crippen molar-refractivity contribution in [1.82, 2.24) is 10.3 Å². The van der Waals surface area contributed by atoms with Gasteiger partial charge in [0.2, 0.25) is 0 Å². The maximum atomic E-state index is 13.6. The van der Waals surface area contributed by atoms with E-state index in [9.17, 15) is 9.18 Å². The Labute approximate surface area is 142 Å². The van der Waals surface area contributed by atoms with Crippen LogP contribution in [0, 0.1) is 12.7 Å². The SMILES string of the molecule is CNC(=O)c1sc2nc(NC)cc(-c3ccc(F)c(C)c3)c2c1N. The number of carbonyl (C=O) groups is 1. The van der Waals surface area contributed by atoms with Crippen LogP contribution in [0.3, 0.4) is 0 Å². The van der Waals surface area contributed by atoms with Crippen molar-refractivity contribution in [1.29, 1.82) is 0 Å². The van der Waals surface area contributed by atoms with Crippen LogP contribution in [-0.4, -0.2) is 25.0 Å². The number of carbonyl (C=O) groups excluding carboxylic acids is 1. The van der Waals surface area contributed by atoms with Crippen LogP contribution in [0.2, 0.25) is 0 Å². The number of aryl methyl sites for hydroxylation is 1. The molecule has 0 bridgehead atoms. The Morgan fingerprint density at radius 3 is 2.67 bits per heavy atom. The first kappa shape index (κ1) is 16.2. The average molecular weight is 344 g/mol. The van der Waals surface area contributed by atoms with Gasteiger partial charge in [0.25, 0.3) is 5.91 Å². The molecule has 4 N–H and O–H groups in total. The highest BCUT2D eigenvalue weighted by Crippen LogP contribution is 2.40. The molecular weight excluding hydrogens is 327 g/mol. The highest BCUT2D eigenvalue weighted by atomic mass is 32.1. The molecule has 0 unspecified atom stereocenters. The highest BCUT2D eigenvalue weighted by Gasteiger charge is 2.20. The average Bonchev–Trinajstić information content (AvgIpc) is 2.92. The summed E-state index contributed by atoms with van der Waals surface area (Å²) in [4.78, 5) is 17.6. The molecule has 124 valence electrons. The Morgan fingerprint density at radius 1 is 1.29 bits per heavy atom. The molecule has 0 spiro atoms. The van der Waals surface area contributed by atoms with Gasteiger partial charge in [-0.25, -0.2) is 9.37 Å². The molecule has 3 rings (SSSR count). The fraction of sp³-hybridized carbons (Fsp3) is 0.176. The Kier molecular flexibility index (Phi) is 4.11. The molecule has 0 saturated carbocycles. The fourth-order valence-corrected chi connectivity index (χ4v) is 3.64. The number of thiophene rings is 1. The van der Waals surface area contributed by atoms with Crippen molar-refractivity contribution < 1.29 is 9.18 Å². The maximum Gasteiger partial charge on any atom is 0.263 e. The van der Waals surface area contributed by atoms with Crippen LogP contribution in [0.25, 0.3) is 21.3 Å². The Balaban J connectivity index is 2.34. The maximum absolute atomic E-state index is 13.6. The summed E-state index contributed by atoms with van der Waals surface area (Å²) in [6.07, 6.45) is 0. The number of nitrogens with zero attached hydrogens (tertiary/aromatic N) is 1. The first-order valence-corrected chi connectivity index (χ1v) is 8.17. The minimum Gasteiger partial charge on any atom is -0.397 e. The van der Waals surface area contributed by atoms with Gasteiger partial charge in [-0.1, -0.05) is 6.07 Å². The Hall–Kier alpha value is -2.67. The van der Waals surface area contributed by atoms with Crippen LogP contribution in [-0.2, 0) is 0 Å². The molecule has 0 atom stereocenters. The minimum atomic E-state index is -0.262. The van der Waals surface area contributed by atoms with Crippen LogP contribution in [0.15, 0.2) is 24.3 Å². The summed E-state index contributed by atoms with van der Waals surface area (Å²) in [6.45, 7) is 1.71. The quantitative estimate of drug-likeness (QED) is 0.680. The zero-order chi connectivity index (χ0) is 17.4. The lowest BCUT2D eigenvalue weighted by molar-refractivity contribution is 0.0968. The van der Waals surface area contributed by atoms with E-state index in [0.717, 1.165) is 11.1 Å². The standard InChI is InChI=1S/C17H17FN4OS/c1-8-6-9(4-5-11(8)18)10-7-12(20-2)22-17-13(10)14(19)15(24-17)16(23)21-3/h4-7H,19H2,1-3H3,(H,20,22)(H,21,23). The van der Waals surface area contributed by atoms with Crippen molar-refractivity contribution in [2.24, 2.45) is 0 Å². The number of nitrogens with two attached hydrogens (primary N) is 1. The minimum absolute atomic E-state index is 0.247. The van der Waals surface area contributed by atoms with E-state index in [4.69, 9.17) is 5.73 Å². The van der Waals surface area contributed by atoms with Crippen molar-refractivity contribution in [3.8, 4) is 11.1 Å². The topological polar surface area (TPSA) is 80.0 Å². The predicted octanol–water partition coefficient (Wildman–Crippen LogP) is 3.39. The molecule has 1 aromatic carbocycles. The molecule has 3 aromatic rings. The van der Waals surface area contributed by atoms with Crippen LogP contribution in [0.5, 0.6) is 0 Å². The summed E-state index contributed by atoms with van der Waals surface area (Å²) in [6, 6.07) is 6.75. The van der Waals surface area contributed by atoms with Gasteiger partial charge in [-0.3, -0.25) is 4.79 Å². The third kappa shape index (κ3) is 2.56. The number of benzene rings is 1. The number of hydrogen-bond acceptors (Lipinski definition) is 5. The second-order valence-electron chi connectivity index (χ2n) is 5.37. The molecular formula is C17H17FN4OS. The number of anilines is 2. The molecule has 2 heterocycles. The van der Waals surface area contributed by atoms with Gasteiger partial charge in [-0.15, -0.1) is 11.3 Å². The van der Waals surface area contributed by atoms with Crippen molar-refractivity contribution in [2.45, 2.75) is 6.92 Å². The molecule has 2 aromatic heterocycles. The van der Waals surface area contributed by atoms with Crippen molar-refractivity contribution in [3.05, 3.63) is 40.5 Å². The van der Waals surface area contributed by atoms with E-state index in [2.05, 4.69) is 15.6 Å². The molecule has 0 fully saturated rings. The summed E-state index contributed by atoms with van der Waals surface area (Å²) in [5, 5.41) is 6.30. The van der Waals surface area contributed by atoms with Gasteiger partial charge >= 0.3 is 0 Å². The van der Waals surface area contributed by atoms with Gasteiger partial charge in [0.05, 0.1) is 5.69 Å². The lowest BCUT2D eigenvalue weighted by Crippen LogP contribution is -2.17. The summed E-state index contributed by atoms with van der Waals surface area (Å²) in [5.74, 6) is 0.147. The molecule has 5 nitrogen and oxygen atoms in total. The Morgan fingerprint density at radius 2 is 2.04 bits per heavy atom. The Bertz CT molecular complexity index is 951. The molecule has 7 heteroatoms. The largest absolute Gasteiger partial charge is 0.397 e. The molecule has 0 aliphatic heterocycles. The molecule has 0 aliphatic rings. The van der Waals surface area contributed by atoms with Crippen LogP contribution in [0.4, 0.5) is 15.9 Å². The lowest BCUT2D eigenvalue weighted by atomic mass is 10.0. The molecule has 0 saturated heterocycles. The number of amides is 1. The van der Waals surface area contributed by atoms with Gasteiger partial charge in [0, 0.05) is 19.5 Å². The van der Waals surface area contributed by atoms with Crippen molar-refractivity contribution in [3.63, 3.8) is 0 Å². The van der Waals surface area contributed by atoms with Gasteiger partial charge in [-0.05, 0) is 41.8 Å². The third-order valence-electron chi connectivity index (χ3n) is 3.86. The van der Waals surface area contributed by atoms with E-state index in [1.807, 2.05) is 6.07 Å². The van der Waals surface area contributed by atoms with Gasteiger partial charge in [0.15, 0.2) is 0 Å². The number of halogens is 1. The van der Waals surface area contributed by atoms with E-state index < -0.39 is 0 Å². The van der Waals surface area contributed by atoms with Gasteiger partial charge < -0.3 is 16.4 Å². The lowest BCUT2D eigenvalue weighted by Gasteiger charge is -2.09. The normalized spacial score (nSPS) is 10.8. The monoisotopic (exact) mass is 344 g/mol. The summed E-state index contributed by atoms with van der Waals surface area (Å²) < 4.78 is 13.6. The zero-order valence-corrected chi connectivity index (χ0v) is 14.3. The number of aromatic nitrogens is 1. The second kappa shape index (κ2) is 6.09. The number of nitrogens with one attached hydrogen (secondary N) is 2. The van der Waals surface area contributed by atoms with Crippen LogP contribution < -0.4 is 16.4 Å². The van der Waals surface area contributed by atoms with Gasteiger partial charge in [-0.2, -0.15) is 0 Å². The number of pyridine rings is 1. The van der Waals surface area contributed by atoms with Crippen molar-refractivity contribution in [2.75, 3.05) is 25.1 Å². The summed E-state index contributed by atoms with van der Waals surface area (Å²) >= 11 is 1.24. The van der Waals surface area contributed by atoms with E-state index in [0.29, 0.717) is 32.2 Å². The molecule has 24 heavy (non-hydrogen) atoms. The second-order valence-corrected chi connectivity index (χ2v) is 6.37. The first-order valence-electron chi connectivity index (χ1n) is 7.35. The van der Waals surface area contributed by atoms with Crippen molar-refractivity contribution >= 4 is 39.0 Å². The van der Waals surface area contributed by atoms with E-state index in [-0.39, 0.29) is 11.7 Å².